The lowest BCUT2D eigenvalue weighted by atomic mass is 10.1. The summed E-state index contributed by atoms with van der Waals surface area (Å²) < 4.78 is 27.8. The van der Waals surface area contributed by atoms with Gasteiger partial charge in [0.1, 0.15) is 6.10 Å². The van der Waals surface area contributed by atoms with Crippen LogP contribution >= 0.6 is 0 Å². The monoisotopic (exact) mass is 231 g/mol. The van der Waals surface area contributed by atoms with E-state index in [1.54, 1.807) is 6.26 Å². The fourth-order valence-corrected chi connectivity index (χ4v) is 3.70. The third-order valence-corrected chi connectivity index (χ3v) is 4.66. The Kier molecular flexibility index (Phi) is 3.31. The molecule has 2 aliphatic heterocycles. The van der Waals surface area contributed by atoms with Crippen molar-refractivity contribution in [1.82, 2.24) is 5.32 Å². The lowest BCUT2D eigenvalue weighted by Crippen LogP contribution is -2.37. The summed E-state index contributed by atoms with van der Waals surface area (Å²) in [6.45, 7) is 0.754. The first kappa shape index (κ1) is 11.0. The van der Waals surface area contributed by atoms with Gasteiger partial charge in [-0.1, -0.05) is 0 Å². The van der Waals surface area contributed by atoms with Gasteiger partial charge in [0.05, 0.1) is 17.8 Å². The molecule has 1 saturated heterocycles. The van der Waals surface area contributed by atoms with E-state index < -0.39 is 9.84 Å². The average molecular weight is 231 g/mol. The Labute approximate surface area is 90.6 Å². The molecule has 0 bridgehead atoms. The molecule has 2 heterocycles. The number of nitrogens with one attached hydrogen (secondary N) is 1. The van der Waals surface area contributed by atoms with E-state index in [1.807, 2.05) is 6.08 Å². The maximum Gasteiger partial charge on any atom is 0.151 e. The molecule has 2 unspecified atom stereocenters. The molecule has 0 saturated carbocycles. The maximum atomic E-state index is 11.2. The molecule has 0 aromatic carbocycles. The molecule has 0 radical (unpaired) electrons. The number of rotatable bonds is 3. The van der Waals surface area contributed by atoms with Crippen molar-refractivity contribution in [3.8, 4) is 0 Å². The molecule has 0 spiro atoms. The summed E-state index contributed by atoms with van der Waals surface area (Å²) >= 11 is 0. The highest BCUT2D eigenvalue weighted by Crippen LogP contribution is 2.13. The van der Waals surface area contributed by atoms with Gasteiger partial charge in [-0.25, -0.2) is 8.42 Å². The minimum atomic E-state index is -2.77. The molecule has 0 aliphatic carbocycles. The summed E-state index contributed by atoms with van der Waals surface area (Å²) in [5, 5.41) is 3.27. The van der Waals surface area contributed by atoms with Gasteiger partial charge in [-0.05, 0) is 25.3 Å². The lowest BCUT2D eigenvalue weighted by Gasteiger charge is -2.21. The van der Waals surface area contributed by atoms with E-state index in [0.717, 1.165) is 25.8 Å². The second-order valence-corrected chi connectivity index (χ2v) is 6.44. The zero-order valence-corrected chi connectivity index (χ0v) is 9.50. The number of allylic oxidation sites excluding steroid dienone is 1. The van der Waals surface area contributed by atoms with Crippen molar-refractivity contribution in [3.63, 3.8) is 0 Å². The quantitative estimate of drug-likeness (QED) is 0.766. The molecule has 2 atom stereocenters. The molecular formula is C10H17NO3S. The van der Waals surface area contributed by atoms with E-state index >= 15 is 0 Å². The van der Waals surface area contributed by atoms with Gasteiger partial charge in [0, 0.05) is 12.6 Å². The van der Waals surface area contributed by atoms with Crippen molar-refractivity contribution in [2.24, 2.45) is 0 Å². The Bertz CT molecular complexity index is 337. The number of hydrogen-bond donors (Lipinski definition) is 1. The molecular weight excluding hydrogens is 214 g/mol. The van der Waals surface area contributed by atoms with Crippen LogP contribution in [0.5, 0.6) is 0 Å². The Morgan fingerprint density at radius 2 is 2.27 bits per heavy atom. The second kappa shape index (κ2) is 4.53. The molecule has 2 aliphatic rings. The molecule has 0 aromatic heterocycles. The highest BCUT2D eigenvalue weighted by Gasteiger charge is 2.28. The van der Waals surface area contributed by atoms with E-state index in [4.69, 9.17) is 4.74 Å². The van der Waals surface area contributed by atoms with Crippen molar-refractivity contribution in [3.05, 3.63) is 12.3 Å². The van der Waals surface area contributed by atoms with Crippen LogP contribution in [0.3, 0.4) is 0 Å². The van der Waals surface area contributed by atoms with Crippen LogP contribution in [-0.4, -0.2) is 38.6 Å². The van der Waals surface area contributed by atoms with Gasteiger partial charge < -0.3 is 10.1 Å². The Morgan fingerprint density at radius 3 is 2.87 bits per heavy atom. The topological polar surface area (TPSA) is 55.4 Å². The van der Waals surface area contributed by atoms with Crippen molar-refractivity contribution in [2.45, 2.75) is 31.4 Å². The van der Waals surface area contributed by atoms with Gasteiger partial charge in [-0.2, -0.15) is 0 Å². The van der Waals surface area contributed by atoms with Crippen LogP contribution in [0.2, 0.25) is 0 Å². The van der Waals surface area contributed by atoms with Crippen LogP contribution in [0.4, 0.5) is 0 Å². The number of sulfone groups is 1. The molecule has 2 rings (SSSR count). The molecule has 1 fully saturated rings. The molecule has 0 amide bonds. The summed E-state index contributed by atoms with van der Waals surface area (Å²) in [6, 6.07) is 0.129. The Morgan fingerprint density at radius 1 is 1.40 bits per heavy atom. The predicted octanol–water partition coefficient (Wildman–Crippen LogP) is 0.456. The van der Waals surface area contributed by atoms with Crippen LogP contribution in [0.25, 0.3) is 0 Å². The molecule has 1 N–H and O–H groups in total. The predicted molar refractivity (Wildman–Crippen MR) is 58.3 cm³/mol. The van der Waals surface area contributed by atoms with Gasteiger partial charge in [0.25, 0.3) is 0 Å². The first-order valence-corrected chi connectivity index (χ1v) is 7.22. The zero-order valence-electron chi connectivity index (χ0n) is 8.69. The third-order valence-electron chi connectivity index (χ3n) is 2.89. The van der Waals surface area contributed by atoms with Crippen LogP contribution < -0.4 is 5.32 Å². The van der Waals surface area contributed by atoms with Crippen molar-refractivity contribution in [1.29, 1.82) is 0 Å². The number of hydrogen-bond acceptors (Lipinski definition) is 4. The molecule has 0 aromatic rings. The number of ether oxygens (including phenoxy) is 1. The minimum absolute atomic E-state index is 0.129. The summed E-state index contributed by atoms with van der Waals surface area (Å²) in [5.41, 5.74) is 0. The summed E-state index contributed by atoms with van der Waals surface area (Å²) in [5.74, 6) is 0.617. The second-order valence-electron chi connectivity index (χ2n) is 4.22. The molecule has 86 valence electrons. The van der Waals surface area contributed by atoms with Crippen LogP contribution in [0, 0.1) is 0 Å². The molecule has 15 heavy (non-hydrogen) atoms. The van der Waals surface area contributed by atoms with Crippen LogP contribution in [0.15, 0.2) is 12.3 Å². The summed E-state index contributed by atoms with van der Waals surface area (Å²) in [6.07, 6.45) is 6.76. The van der Waals surface area contributed by atoms with E-state index in [1.165, 1.54) is 0 Å². The highest BCUT2D eigenvalue weighted by atomic mass is 32.2. The first-order chi connectivity index (χ1) is 7.16. The molecule has 4 nitrogen and oxygen atoms in total. The Hall–Kier alpha value is -0.550. The van der Waals surface area contributed by atoms with E-state index in [2.05, 4.69) is 5.32 Å². The van der Waals surface area contributed by atoms with Crippen molar-refractivity contribution >= 4 is 9.84 Å². The van der Waals surface area contributed by atoms with E-state index in [-0.39, 0.29) is 17.9 Å². The van der Waals surface area contributed by atoms with Crippen LogP contribution in [-0.2, 0) is 14.6 Å². The maximum absolute atomic E-state index is 11.2. The SMILES string of the molecule is O=S1(=O)CCC(NCC2CCC=CO2)C1. The van der Waals surface area contributed by atoms with Gasteiger partial charge in [-0.15, -0.1) is 0 Å². The zero-order chi connectivity index (χ0) is 10.7. The first-order valence-electron chi connectivity index (χ1n) is 5.40. The minimum Gasteiger partial charge on any atom is -0.497 e. The third kappa shape index (κ3) is 3.21. The van der Waals surface area contributed by atoms with Gasteiger partial charge >= 0.3 is 0 Å². The lowest BCUT2D eigenvalue weighted by molar-refractivity contribution is 0.120. The van der Waals surface area contributed by atoms with Crippen molar-refractivity contribution in [2.75, 3.05) is 18.1 Å². The largest absolute Gasteiger partial charge is 0.497 e. The fraction of sp³-hybridized carbons (Fsp3) is 0.800. The normalized spacial score (nSPS) is 33.9. The fourth-order valence-electron chi connectivity index (χ4n) is 1.99. The van der Waals surface area contributed by atoms with Gasteiger partial charge in [0.2, 0.25) is 0 Å². The Balaban J connectivity index is 1.72. The van der Waals surface area contributed by atoms with E-state index in [0.29, 0.717) is 5.75 Å². The van der Waals surface area contributed by atoms with Gasteiger partial charge in [0.15, 0.2) is 9.84 Å². The van der Waals surface area contributed by atoms with E-state index in [9.17, 15) is 8.42 Å². The van der Waals surface area contributed by atoms with Crippen LogP contribution in [0.1, 0.15) is 19.3 Å². The highest BCUT2D eigenvalue weighted by molar-refractivity contribution is 7.91. The summed E-state index contributed by atoms with van der Waals surface area (Å²) in [4.78, 5) is 0. The average Bonchev–Trinajstić information content (AvgIpc) is 2.57. The standard InChI is InChI=1S/C10H17NO3S/c12-15(13)6-4-9(8-15)11-7-10-3-1-2-5-14-10/h2,5,9-11H,1,3-4,6-8H2. The van der Waals surface area contributed by atoms with Gasteiger partial charge in [-0.3, -0.25) is 0 Å². The molecule has 5 heteroatoms. The summed E-state index contributed by atoms with van der Waals surface area (Å²) in [7, 11) is -2.77. The smallest absolute Gasteiger partial charge is 0.151 e. The van der Waals surface area contributed by atoms with Crippen molar-refractivity contribution < 1.29 is 13.2 Å².